The van der Waals surface area contributed by atoms with Crippen LogP contribution in [0.15, 0.2) is 60.7 Å². The molecule has 0 unspecified atom stereocenters. The first-order chi connectivity index (χ1) is 10.3. The van der Waals surface area contributed by atoms with E-state index in [1.54, 1.807) is 0 Å². The zero-order chi connectivity index (χ0) is 14.5. The van der Waals surface area contributed by atoms with E-state index in [1.807, 2.05) is 6.07 Å². The Hall–Kier alpha value is -1.64. The normalized spacial score (nSPS) is 23.1. The molecule has 21 heavy (non-hydrogen) atoms. The van der Waals surface area contributed by atoms with E-state index < -0.39 is 0 Å². The van der Waals surface area contributed by atoms with E-state index in [1.165, 1.54) is 11.1 Å². The molecule has 2 aromatic carbocycles. The summed E-state index contributed by atoms with van der Waals surface area (Å²) in [6.45, 7) is 2.89. The van der Waals surface area contributed by atoms with Crippen molar-refractivity contribution in [1.29, 1.82) is 0 Å². The van der Waals surface area contributed by atoms with Crippen LogP contribution >= 0.6 is 0 Å². The number of piperidine rings is 1. The van der Waals surface area contributed by atoms with Crippen LogP contribution in [-0.2, 0) is 6.42 Å². The Morgan fingerprint density at radius 1 is 0.952 bits per heavy atom. The van der Waals surface area contributed by atoms with Gasteiger partial charge in [-0.25, -0.2) is 0 Å². The minimum atomic E-state index is -0.253. The summed E-state index contributed by atoms with van der Waals surface area (Å²) in [5.74, 6) is 0.291. The molecule has 1 fully saturated rings. The van der Waals surface area contributed by atoms with Gasteiger partial charge in [-0.3, -0.25) is 0 Å². The van der Waals surface area contributed by atoms with Crippen molar-refractivity contribution in [2.75, 3.05) is 19.6 Å². The van der Waals surface area contributed by atoms with E-state index in [9.17, 15) is 5.11 Å². The van der Waals surface area contributed by atoms with Crippen molar-refractivity contribution in [2.45, 2.75) is 24.9 Å². The molecule has 1 saturated heterocycles. The van der Waals surface area contributed by atoms with Gasteiger partial charge in [0.2, 0.25) is 0 Å². The van der Waals surface area contributed by atoms with Gasteiger partial charge in [0.05, 0.1) is 6.10 Å². The first-order valence-electron chi connectivity index (χ1n) is 7.82. The molecular formula is C19H23NO. The van der Waals surface area contributed by atoms with E-state index >= 15 is 0 Å². The maximum absolute atomic E-state index is 10.4. The van der Waals surface area contributed by atoms with E-state index in [2.05, 4.69) is 59.5 Å². The van der Waals surface area contributed by atoms with Crippen molar-refractivity contribution in [1.82, 2.24) is 4.90 Å². The Kier molecular flexibility index (Phi) is 4.69. The summed E-state index contributed by atoms with van der Waals surface area (Å²) in [6, 6.07) is 21.0. The highest BCUT2D eigenvalue weighted by molar-refractivity contribution is 5.21. The molecule has 3 rings (SSSR count). The van der Waals surface area contributed by atoms with Gasteiger partial charge in [-0.2, -0.15) is 0 Å². The van der Waals surface area contributed by atoms with Crippen molar-refractivity contribution in [3.63, 3.8) is 0 Å². The lowest BCUT2D eigenvalue weighted by molar-refractivity contribution is 0.0519. The monoisotopic (exact) mass is 281 g/mol. The summed E-state index contributed by atoms with van der Waals surface area (Å²) in [6.07, 6.45) is 1.85. The van der Waals surface area contributed by atoms with E-state index in [0.29, 0.717) is 5.92 Å². The zero-order valence-corrected chi connectivity index (χ0v) is 12.4. The Morgan fingerprint density at radius 2 is 1.62 bits per heavy atom. The Labute approximate surface area is 127 Å². The number of hydrogen-bond acceptors (Lipinski definition) is 2. The van der Waals surface area contributed by atoms with Gasteiger partial charge < -0.3 is 10.0 Å². The molecule has 0 bridgehead atoms. The molecule has 0 spiro atoms. The van der Waals surface area contributed by atoms with E-state index in [0.717, 1.165) is 32.5 Å². The van der Waals surface area contributed by atoms with Gasteiger partial charge >= 0.3 is 0 Å². The minimum Gasteiger partial charge on any atom is -0.391 e. The second-order valence-corrected chi connectivity index (χ2v) is 5.91. The number of aliphatic hydroxyl groups is 1. The molecule has 1 N–H and O–H groups in total. The Balaban J connectivity index is 1.54. The second kappa shape index (κ2) is 6.88. The molecule has 110 valence electrons. The van der Waals surface area contributed by atoms with Gasteiger partial charge in [-0.05, 0) is 30.5 Å². The average Bonchev–Trinajstić information content (AvgIpc) is 2.55. The molecule has 2 nitrogen and oxygen atoms in total. The molecule has 2 atom stereocenters. The Morgan fingerprint density at radius 3 is 2.29 bits per heavy atom. The molecule has 0 radical (unpaired) electrons. The molecule has 0 saturated carbocycles. The molecule has 0 amide bonds. The fourth-order valence-corrected chi connectivity index (χ4v) is 3.22. The van der Waals surface area contributed by atoms with Crippen molar-refractivity contribution < 1.29 is 5.11 Å². The highest BCUT2D eigenvalue weighted by atomic mass is 16.3. The number of rotatable bonds is 4. The lowest BCUT2D eigenvalue weighted by atomic mass is 9.87. The SMILES string of the molecule is O[C@H]1CN(CCc2ccccc2)CC[C@H]1c1ccccc1. The first-order valence-corrected chi connectivity index (χ1v) is 7.82. The topological polar surface area (TPSA) is 23.5 Å². The van der Waals surface area contributed by atoms with Gasteiger partial charge in [-0.15, -0.1) is 0 Å². The quantitative estimate of drug-likeness (QED) is 0.931. The predicted molar refractivity (Wildman–Crippen MR) is 86.4 cm³/mol. The van der Waals surface area contributed by atoms with Crippen LogP contribution in [-0.4, -0.2) is 35.7 Å². The van der Waals surface area contributed by atoms with Crippen LogP contribution in [0.3, 0.4) is 0 Å². The fraction of sp³-hybridized carbons (Fsp3) is 0.368. The van der Waals surface area contributed by atoms with Gasteiger partial charge in [0, 0.05) is 19.0 Å². The highest BCUT2D eigenvalue weighted by Crippen LogP contribution is 2.28. The number of likely N-dealkylation sites (tertiary alicyclic amines) is 1. The fourth-order valence-electron chi connectivity index (χ4n) is 3.22. The maximum Gasteiger partial charge on any atom is 0.0735 e. The van der Waals surface area contributed by atoms with Crippen LogP contribution in [0.2, 0.25) is 0 Å². The minimum absolute atomic E-state index is 0.253. The molecule has 1 heterocycles. The highest BCUT2D eigenvalue weighted by Gasteiger charge is 2.28. The molecule has 0 aliphatic carbocycles. The third kappa shape index (κ3) is 3.72. The lowest BCUT2D eigenvalue weighted by Gasteiger charge is -2.36. The largest absolute Gasteiger partial charge is 0.391 e. The molecular weight excluding hydrogens is 258 g/mol. The van der Waals surface area contributed by atoms with Crippen molar-refractivity contribution in [2.24, 2.45) is 0 Å². The smallest absolute Gasteiger partial charge is 0.0735 e. The molecule has 0 aromatic heterocycles. The van der Waals surface area contributed by atoms with Crippen LogP contribution in [0.25, 0.3) is 0 Å². The Bertz CT molecular complexity index is 540. The molecule has 1 aliphatic heterocycles. The summed E-state index contributed by atoms with van der Waals surface area (Å²) in [5, 5.41) is 10.4. The summed E-state index contributed by atoms with van der Waals surface area (Å²) in [7, 11) is 0. The van der Waals surface area contributed by atoms with Crippen LogP contribution in [0.1, 0.15) is 23.5 Å². The van der Waals surface area contributed by atoms with Crippen molar-refractivity contribution >= 4 is 0 Å². The van der Waals surface area contributed by atoms with E-state index in [-0.39, 0.29) is 6.10 Å². The second-order valence-electron chi connectivity index (χ2n) is 5.91. The van der Waals surface area contributed by atoms with Crippen LogP contribution in [0, 0.1) is 0 Å². The van der Waals surface area contributed by atoms with Gasteiger partial charge in [0.15, 0.2) is 0 Å². The van der Waals surface area contributed by atoms with Crippen molar-refractivity contribution in [3.05, 3.63) is 71.8 Å². The predicted octanol–water partition coefficient (Wildman–Crippen LogP) is 3.08. The van der Waals surface area contributed by atoms with Crippen LogP contribution < -0.4 is 0 Å². The average molecular weight is 281 g/mol. The summed E-state index contributed by atoms with van der Waals surface area (Å²) >= 11 is 0. The third-order valence-corrected chi connectivity index (χ3v) is 4.45. The summed E-state index contributed by atoms with van der Waals surface area (Å²) in [4.78, 5) is 2.39. The van der Waals surface area contributed by atoms with Gasteiger partial charge in [0.25, 0.3) is 0 Å². The lowest BCUT2D eigenvalue weighted by Crippen LogP contribution is -2.43. The number of benzene rings is 2. The van der Waals surface area contributed by atoms with Crippen LogP contribution in [0.5, 0.6) is 0 Å². The van der Waals surface area contributed by atoms with Crippen LogP contribution in [0.4, 0.5) is 0 Å². The molecule has 2 heteroatoms. The summed E-state index contributed by atoms with van der Waals surface area (Å²) < 4.78 is 0. The molecule has 2 aromatic rings. The number of nitrogens with zero attached hydrogens (tertiary/aromatic N) is 1. The number of β-amino-alcohol motifs (C(OH)–C–C–N with tert-alkyl or cyclic N) is 1. The zero-order valence-electron chi connectivity index (χ0n) is 12.4. The van der Waals surface area contributed by atoms with E-state index in [4.69, 9.17) is 0 Å². The van der Waals surface area contributed by atoms with Gasteiger partial charge in [0.1, 0.15) is 0 Å². The summed E-state index contributed by atoms with van der Waals surface area (Å²) in [5.41, 5.74) is 2.64. The standard InChI is InChI=1S/C19H23NO/c21-19-15-20(13-11-16-7-3-1-4-8-16)14-12-18(19)17-9-5-2-6-10-17/h1-10,18-19,21H,11-15H2/t18-,19-/m0/s1. The third-order valence-electron chi connectivity index (χ3n) is 4.45. The molecule has 1 aliphatic rings. The first kappa shape index (κ1) is 14.3. The maximum atomic E-state index is 10.4. The van der Waals surface area contributed by atoms with Gasteiger partial charge in [-0.1, -0.05) is 60.7 Å². The number of aliphatic hydroxyl groups excluding tert-OH is 1. The number of hydrogen-bond donors (Lipinski definition) is 1. The van der Waals surface area contributed by atoms with Crippen molar-refractivity contribution in [3.8, 4) is 0 Å².